The van der Waals surface area contributed by atoms with Gasteiger partial charge in [-0.2, -0.15) is 11.9 Å². The molecule has 0 N–H and O–H groups in total. The van der Waals surface area contributed by atoms with E-state index < -0.39 is 0 Å². The molecule has 16 heavy (non-hydrogen) atoms. The van der Waals surface area contributed by atoms with Gasteiger partial charge in [0.15, 0.2) is 0 Å². The molecule has 2 heterocycles. The second-order valence-corrected chi connectivity index (χ2v) is 3.37. The third kappa shape index (κ3) is 6.13. The van der Waals surface area contributed by atoms with Gasteiger partial charge in [0.25, 0.3) is 0 Å². The van der Waals surface area contributed by atoms with Crippen molar-refractivity contribution in [1.29, 1.82) is 0 Å². The second-order valence-electron chi connectivity index (χ2n) is 3.37. The molecule has 0 aromatic carbocycles. The van der Waals surface area contributed by atoms with Gasteiger partial charge in [0.2, 0.25) is 0 Å². The molecule has 2 aromatic heterocycles. The Kier molecular flexibility index (Phi) is 9.51. The molecule has 3 nitrogen and oxygen atoms in total. The van der Waals surface area contributed by atoms with E-state index in [0.717, 1.165) is 18.5 Å². The fourth-order valence-corrected chi connectivity index (χ4v) is 1.19. The van der Waals surface area contributed by atoms with Gasteiger partial charge in [0.1, 0.15) is 0 Å². The molecule has 0 unspecified atom stereocenters. The van der Waals surface area contributed by atoms with Crippen LogP contribution in [0.2, 0.25) is 0 Å². The molecule has 82 valence electrons. The molecule has 0 saturated heterocycles. The summed E-state index contributed by atoms with van der Waals surface area (Å²) in [6.45, 7) is 4.20. The van der Waals surface area contributed by atoms with Gasteiger partial charge in [-0.3, -0.25) is 0 Å². The van der Waals surface area contributed by atoms with E-state index in [9.17, 15) is 0 Å². The third-order valence-electron chi connectivity index (χ3n) is 2.10. The quantitative estimate of drug-likeness (QED) is 0.725. The fourth-order valence-electron chi connectivity index (χ4n) is 1.19. The van der Waals surface area contributed by atoms with Crippen LogP contribution in [-0.4, -0.2) is 9.55 Å². The van der Waals surface area contributed by atoms with Crippen LogP contribution in [0.1, 0.15) is 25.2 Å². The number of hydrogen-bond donors (Lipinski definition) is 0. The summed E-state index contributed by atoms with van der Waals surface area (Å²) in [4.78, 5) is 8.13. The van der Waals surface area contributed by atoms with Crippen LogP contribution in [0.15, 0.2) is 30.9 Å². The molecule has 2 rings (SSSR count). The minimum Gasteiger partial charge on any atom is -0.668 e. The van der Waals surface area contributed by atoms with E-state index in [0.29, 0.717) is 0 Å². The van der Waals surface area contributed by atoms with Gasteiger partial charge >= 0.3 is 58.2 Å². The number of aromatic nitrogens is 3. The molecule has 0 fully saturated rings. The first kappa shape index (κ1) is 16.3. The van der Waals surface area contributed by atoms with Gasteiger partial charge in [0.05, 0.1) is 12.0 Å². The Balaban J connectivity index is 0.000000267. The van der Waals surface area contributed by atoms with Crippen LogP contribution >= 0.6 is 0 Å². The largest absolute Gasteiger partial charge is 1.00 e. The van der Waals surface area contributed by atoms with Crippen LogP contribution in [0.25, 0.3) is 0 Å². The van der Waals surface area contributed by atoms with Crippen molar-refractivity contribution in [2.75, 3.05) is 0 Å². The summed E-state index contributed by atoms with van der Waals surface area (Å²) in [5, 5.41) is 0. The number of aryl methyl sites for hydroxylation is 3. The van der Waals surface area contributed by atoms with Crippen molar-refractivity contribution in [2.45, 2.75) is 26.7 Å². The minimum atomic E-state index is 0. The smallest absolute Gasteiger partial charge is 0.668 e. The predicted molar refractivity (Wildman–Crippen MR) is 61.7 cm³/mol. The monoisotopic (exact) mass is 289 g/mol. The fraction of sp³-hybridized carbons (Fsp3) is 0.417. The minimum absolute atomic E-state index is 0. The van der Waals surface area contributed by atoms with Gasteiger partial charge < -0.3 is 9.55 Å². The Morgan fingerprint density at radius 3 is 2.31 bits per heavy atom. The summed E-state index contributed by atoms with van der Waals surface area (Å²) >= 11 is 0. The Bertz CT molecular complexity index is 365. The molecule has 0 aliphatic heterocycles. The van der Waals surface area contributed by atoms with Gasteiger partial charge in [-0.15, -0.1) is 0 Å². The SMILES string of the molecule is CCc1ccc[n-]1.CCc1cn(C)cn1.[Rb+]. The maximum Gasteiger partial charge on any atom is 1.00 e. The van der Waals surface area contributed by atoms with Gasteiger partial charge in [-0.1, -0.05) is 32.4 Å². The van der Waals surface area contributed by atoms with E-state index in [4.69, 9.17) is 0 Å². The predicted octanol–water partition coefficient (Wildman–Crippen LogP) is -0.807. The van der Waals surface area contributed by atoms with Crippen molar-refractivity contribution in [1.82, 2.24) is 14.5 Å². The first-order valence-corrected chi connectivity index (χ1v) is 5.29. The zero-order chi connectivity index (χ0) is 11.1. The Hall–Kier alpha value is 0.295. The molecule has 0 saturated carbocycles. The van der Waals surface area contributed by atoms with Crippen molar-refractivity contribution >= 4 is 0 Å². The summed E-state index contributed by atoms with van der Waals surface area (Å²) in [7, 11) is 1.98. The number of hydrogen-bond acceptors (Lipinski definition) is 1. The number of rotatable bonds is 2. The van der Waals surface area contributed by atoms with Gasteiger partial charge in [0, 0.05) is 13.2 Å². The van der Waals surface area contributed by atoms with Crippen LogP contribution < -0.4 is 63.2 Å². The Morgan fingerprint density at radius 2 is 2.06 bits per heavy atom. The summed E-state index contributed by atoms with van der Waals surface area (Å²) in [5.74, 6) is 0. The standard InChI is InChI=1S/C6H10N2.C6H8N.Rb/c1-3-6-4-8(2)5-7-6;1-2-6-4-3-5-7-6;/h4-5H,3H2,1-2H3;3-5H,2H2,1H3;/q;-1;+1. The molecule has 0 radical (unpaired) electrons. The zero-order valence-corrected chi connectivity index (χ0v) is 15.6. The van der Waals surface area contributed by atoms with E-state index in [1.54, 1.807) is 0 Å². The summed E-state index contributed by atoms with van der Waals surface area (Å²) in [6, 6.07) is 3.98. The maximum absolute atomic E-state index is 4.10. The van der Waals surface area contributed by atoms with E-state index in [-0.39, 0.29) is 58.2 Å². The van der Waals surface area contributed by atoms with Crippen molar-refractivity contribution < 1.29 is 58.2 Å². The normalized spacial score (nSPS) is 8.94. The van der Waals surface area contributed by atoms with Crippen molar-refractivity contribution in [3.05, 3.63) is 42.2 Å². The average molecular weight is 290 g/mol. The topological polar surface area (TPSA) is 31.9 Å². The molecule has 4 heteroatoms. The molecule has 0 spiro atoms. The Morgan fingerprint density at radius 1 is 1.31 bits per heavy atom. The van der Waals surface area contributed by atoms with Crippen LogP contribution in [0, 0.1) is 0 Å². The molecular formula is C12H18N3Rb. The first-order valence-electron chi connectivity index (χ1n) is 5.29. The molecule has 0 atom stereocenters. The van der Waals surface area contributed by atoms with Crippen LogP contribution in [0.4, 0.5) is 0 Å². The molecule has 2 aromatic rings. The Labute approximate surface area is 146 Å². The second kappa shape index (κ2) is 9.34. The van der Waals surface area contributed by atoms with Gasteiger partial charge in [-0.05, 0) is 6.42 Å². The molecule has 0 aliphatic carbocycles. The van der Waals surface area contributed by atoms with Crippen molar-refractivity contribution in [3.63, 3.8) is 0 Å². The van der Waals surface area contributed by atoms with Crippen LogP contribution in [-0.2, 0) is 19.9 Å². The summed E-state index contributed by atoms with van der Waals surface area (Å²) < 4.78 is 1.96. The van der Waals surface area contributed by atoms with Crippen molar-refractivity contribution in [2.24, 2.45) is 7.05 Å². The molecule has 0 aliphatic rings. The first-order chi connectivity index (χ1) is 7.26. The van der Waals surface area contributed by atoms with E-state index in [2.05, 4.69) is 23.8 Å². The van der Waals surface area contributed by atoms with Gasteiger partial charge in [-0.25, -0.2) is 4.98 Å². The summed E-state index contributed by atoms with van der Waals surface area (Å²) in [5.41, 5.74) is 2.34. The molecule has 0 bridgehead atoms. The number of imidazole rings is 1. The maximum atomic E-state index is 4.10. The van der Waals surface area contributed by atoms with E-state index in [1.165, 1.54) is 5.69 Å². The van der Waals surface area contributed by atoms with Crippen LogP contribution in [0.3, 0.4) is 0 Å². The molecular weight excluding hydrogens is 272 g/mol. The third-order valence-corrected chi connectivity index (χ3v) is 2.10. The van der Waals surface area contributed by atoms with Crippen LogP contribution in [0.5, 0.6) is 0 Å². The van der Waals surface area contributed by atoms with E-state index in [1.807, 2.05) is 42.5 Å². The van der Waals surface area contributed by atoms with Crippen molar-refractivity contribution in [3.8, 4) is 0 Å². The summed E-state index contributed by atoms with van der Waals surface area (Å²) in [6.07, 6.45) is 7.74. The zero-order valence-electron chi connectivity index (χ0n) is 10.6. The average Bonchev–Trinajstić information content (AvgIpc) is 2.88. The van der Waals surface area contributed by atoms with E-state index >= 15 is 0 Å². The molecule has 0 amide bonds. The number of nitrogens with zero attached hydrogens (tertiary/aromatic N) is 3.